The summed E-state index contributed by atoms with van der Waals surface area (Å²) in [5, 5.41) is 9.55. The first-order valence-corrected chi connectivity index (χ1v) is 5.72. The van der Waals surface area contributed by atoms with Crippen LogP contribution in [0.25, 0.3) is 0 Å². The van der Waals surface area contributed by atoms with Gasteiger partial charge in [-0.1, -0.05) is 13.8 Å². The number of aliphatic hydroxyl groups excluding tert-OH is 1. The Morgan fingerprint density at radius 3 is 2.44 bits per heavy atom. The normalized spacial score (nSPS) is 12.9. The number of benzene rings is 1. The molecule has 0 radical (unpaired) electrons. The van der Waals surface area contributed by atoms with Gasteiger partial charge in [-0.15, -0.1) is 0 Å². The number of hydrogen-bond acceptors (Lipinski definition) is 2. The molecule has 0 fully saturated rings. The lowest BCUT2D eigenvalue weighted by Crippen LogP contribution is -2.15. The Morgan fingerprint density at radius 1 is 1.31 bits per heavy atom. The molecule has 0 aliphatic rings. The molecule has 1 aromatic rings. The highest BCUT2D eigenvalue weighted by Gasteiger charge is 2.13. The van der Waals surface area contributed by atoms with Gasteiger partial charge in [-0.25, -0.2) is 4.39 Å². The van der Waals surface area contributed by atoms with Crippen LogP contribution in [0.3, 0.4) is 0 Å². The van der Waals surface area contributed by atoms with Crippen LogP contribution in [-0.4, -0.2) is 11.2 Å². The Morgan fingerprint density at radius 2 is 1.94 bits per heavy atom. The molecule has 0 heterocycles. The summed E-state index contributed by atoms with van der Waals surface area (Å²) in [6.45, 7) is 5.69. The Bertz CT molecular complexity index is 333. The fourth-order valence-corrected chi connectivity index (χ4v) is 1.59. The van der Waals surface area contributed by atoms with Crippen molar-refractivity contribution < 1.29 is 14.2 Å². The molecule has 1 atom stereocenters. The molecule has 0 aromatic heterocycles. The molecule has 1 unspecified atom stereocenters. The van der Waals surface area contributed by atoms with E-state index in [1.807, 2.05) is 13.8 Å². The summed E-state index contributed by atoms with van der Waals surface area (Å²) in [5.41, 5.74) is 0.633. The first-order valence-electron chi connectivity index (χ1n) is 5.72. The maximum atomic E-state index is 13.1. The van der Waals surface area contributed by atoms with Crippen LogP contribution in [0.15, 0.2) is 18.2 Å². The molecule has 1 aromatic carbocycles. The maximum absolute atomic E-state index is 13.1. The third kappa shape index (κ3) is 3.20. The zero-order valence-corrected chi connectivity index (χ0v) is 10.0. The average Bonchev–Trinajstić information content (AvgIpc) is 2.25. The monoisotopic (exact) mass is 226 g/mol. The molecule has 0 saturated carbocycles. The number of rotatable bonds is 5. The second-order valence-electron chi connectivity index (χ2n) is 3.91. The van der Waals surface area contributed by atoms with Crippen molar-refractivity contribution in [1.82, 2.24) is 0 Å². The van der Waals surface area contributed by atoms with Crippen molar-refractivity contribution in [2.75, 3.05) is 0 Å². The van der Waals surface area contributed by atoms with Gasteiger partial charge in [0, 0.05) is 11.6 Å². The fraction of sp³-hybridized carbons (Fsp3) is 0.538. The van der Waals surface area contributed by atoms with Gasteiger partial charge < -0.3 is 9.84 Å². The van der Waals surface area contributed by atoms with Crippen molar-refractivity contribution in [2.45, 2.75) is 45.8 Å². The van der Waals surface area contributed by atoms with Gasteiger partial charge in [-0.3, -0.25) is 0 Å². The standard InChI is InChI=1S/C13H19FO2/c1-4-11(5-2)16-13-8-10(14)6-7-12(13)9(3)15/h6-9,11,15H,4-5H2,1-3H3. The topological polar surface area (TPSA) is 29.5 Å². The highest BCUT2D eigenvalue weighted by atomic mass is 19.1. The van der Waals surface area contributed by atoms with Crippen LogP contribution in [0.2, 0.25) is 0 Å². The van der Waals surface area contributed by atoms with Crippen LogP contribution < -0.4 is 4.74 Å². The summed E-state index contributed by atoms with van der Waals surface area (Å²) in [6.07, 6.45) is 1.16. The minimum atomic E-state index is -0.648. The van der Waals surface area contributed by atoms with E-state index in [-0.39, 0.29) is 11.9 Å². The lowest BCUT2D eigenvalue weighted by Gasteiger charge is -2.19. The van der Waals surface area contributed by atoms with Crippen LogP contribution in [0, 0.1) is 5.82 Å². The van der Waals surface area contributed by atoms with Gasteiger partial charge in [-0.2, -0.15) is 0 Å². The third-order valence-electron chi connectivity index (χ3n) is 2.63. The van der Waals surface area contributed by atoms with E-state index in [9.17, 15) is 9.50 Å². The van der Waals surface area contributed by atoms with Crippen LogP contribution in [0.5, 0.6) is 5.75 Å². The maximum Gasteiger partial charge on any atom is 0.128 e. The van der Waals surface area contributed by atoms with E-state index in [0.29, 0.717) is 11.3 Å². The first-order chi connectivity index (χ1) is 7.58. The number of hydrogen-bond donors (Lipinski definition) is 1. The molecule has 0 spiro atoms. The fourth-order valence-electron chi connectivity index (χ4n) is 1.59. The van der Waals surface area contributed by atoms with Crippen LogP contribution >= 0.6 is 0 Å². The van der Waals surface area contributed by atoms with E-state index in [0.717, 1.165) is 12.8 Å². The highest BCUT2D eigenvalue weighted by Crippen LogP contribution is 2.27. The van der Waals surface area contributed by atoms with Crippen molar-refractivity contribution >= 4 is 0 Å². The van der Waals surface area contributed by atoms with E-state index in [4.69, 9.17) is 4.74 Å². The largest absolute Gasteiger partial charge is 0.490 e. The summed E-state index contributed by atoms with van der Waals surface area (Å²) in [4.78, 5) is 0. The van der Waals surface area contributed by atoms with Gasteiger partial charge in [0.05, 0.1) is 12.2 Å². The predicted molar refractivity (Wildman–Crippen MR) is 62.0 cm³/mol. The average molecular weight is 226 g/mol. The molecule has 3 heteroatoms. The van der Waals surface area contributed by atoms with Crippen molar-refractivity contribution in [1.29, 1.82) is 0 Å². The molecule has 0 amide bonds. The van der Waals surface area contributed by atoms with E-state index < -0.39 is 6.10 Å². The Hall–Kier alpha value is -1.09. The molecule has 1 rings (SSSR count). The lowest BCUT2D eigenvalue weighted by atomic mass is 10.1. The van der Waals surface area contributed by atoms with Gasteiger partial charge in [0.2, 0.25) is 0 Å². The summed E-state index contributed by atoms with van der Waals surface area (Å²) in [6, 6.07) is 4.24. The van der Waals surface area contributed by atoms with E-state index in [2.05, 4.69) is 0 Å². The molecule has 90 valence electrons. The van der Waals surface area contributed by atoms with E-state index in [1.165, 1.54) is 12.1 Å². The lowest BCUT2D eigenvalue weighted by molar-refractivity contribution is 0.165. The SMILES string of the molecule is CCC(CC)Oc1cc(F)ccc1C(C)O. The molecule has 1 N–H and O–H groups in total. The highest BCUT2D eigenvalue weighted by molar-refractivity contribution is 5.35. The van der Waals surface area contributed by atoms with Gasteiger partial charge >= 0.3 is 0 Å². The smallest absolute Gasteiger partial charge is 0.128 e. The third-order valence-corrected chi connectivity index (χ3v) is 2.63. The molecule has 0 bridgehead atoms. The molecule has 0 aliphatic carbocycles. The van der Waals surface area contributed by atoms with Gasteiger partial charge in [0.25, 0.3) is 0 Å². The molecule has 0 aliphatic heterocycles. The van der Waals surface area contributed by atoms with Gasteiger partial charge in [0.1, 0.15) is 11.6 Å². The Kier molecular flexibility index (Phi) is 4.74. The summed E-state index contributed by atoms with van der Waals surface area (Å²) in [5.74, 6) is 0.106. The Labute approximate surface area is 96.1 Å². The minimum Gasteiger partial charge on any atom is -0.490 e. The summed E-state index contributed by atoms with van der Waals surface area (Å²) in [7, 11) is 0. The molecule has 2 nitrogen and oxygen atoms in total. The second-order valence-corrected chi connectivity index (χ2v) is 3.91. The predicted octanol–water partition coefficient (Wildman–Crippen LogP) is 3.45. The molecule has 16 heavy (non-hydrogen) atoms. The van der Waals surface area contributed by atoms with Crippen molar-refractivity contribution in [2.24, 2.45) is 0 Å². The Balaban J connectivity index is 2.95. The van der Waals surface area contributed by atoms with Crippen molar-refractivity contribution in [3.05, 3.63) is 29.6 Å². The molecular weight excluding hydrogens is 207 g/mol. The van der Waals surface area contributed by atoms with Gasteiger partial charge in [0.15, 0.2) is 0 Å². The van der Waals surface area contributed by atoms with Crippen molar-refractivity contribution in [3.63, 3.8) is 0 Å². The van der Waals surface area contributed by atoms with Gasteiger partial charge in [-0.05, 0) is 31.9 Å². The van der Waals surface area contributed by atoms with E-state index >= 15 is 0 Å². The minimum absolute atomic E-state index is 0.0688. The summed E-state index contributed by atoms with van der Waals surface area (Å²) >= 11 is 0. The zero-order chi connectivity index (χ0) is 12.1. The number of ether oxygens (including phenoxy) is 1. The molecular formula is C13H19FO2. The van der Waals surface area contributed by atoms with Crippen molar-refractivity contribution in [3.8, 4) is 5.75 Å². The number of aliphatic hydroxyl groups is 1. The van der Waals surface area contributed by atoms with Crippen LogP contribution in [0.4, 0.5) is 4.39 Å². The van der Waals surface area contributed by atoms with Crippen LogP contribution in [0.1, 0.15) is 45.3 Å². The summed E-state index contributed by atoms with van der Waals surface area (Å²) < 4.78 is 18.8. The van der Waals surface area contributed by atoms with Crippen LogP contribution in [-0.2, 0) is 0 Å². The van der Waals surface area contributed by atoms with E-state index in [1.54, 1.807) is 13.0 Å². The first kappa shape index (κ1) is 13.0. The number of halogens is 1. The second kappa shape index (κ2) is 5.85. The quantitative estimate of drug-likeness (QED) is 0.833. The molecule has 0 saturated heterocycles. The zero-order valence-electron chi connectivity index (χ0n) is 10.0.